The van der Waals surface area contributed by atoms with E-state index in [1.165, 1.54) is 0 Å². The van der Waals surface area contributed by atoms with Crippen molar-refractivity contribution in [1.82, 2.24) is 5.32 Å². The molecule has 2 aromatic rings. The van der Waals surface area contributed by atoms with Gasteiger partial charge in [-0.3, -0.25) is 9.59 Å². The largest absolute Gasteiger partial charge is 0.370 e. The number of anilines is 2. The summed E-state index contributed by atoms with van der Waals surface area (Å²) in [5.41, 5.74) is 3.74. The van der Waals surface area contributed by atoms with Gasteiger partial charge in [0.15, 0.2) is 0 Å². The average Bonchev–Trinajstić information content (AvgIpc) is 3.09. The third-order valence-electron chi connectivity index (χ3n) is 5.00. The number of fused-ring (bicyclic) bond motifs is 1. The van der Waals surface area contributed by atoms with Gasteiger partial charge in [0, 0.05) is 50.0 Å². The number of nitrogens with zero attached hydrogens (tertiary/aromatic N) is 2. The molecule has 3 rings (SSSR count). The Morgan fingerprint density at radius 2 is 1.92 bits per heavy atom. The number of benzene rings is 2. The predicted molar refractivity (Wildman–Crippen MR) is 105 cm³/mol. The number of para-hydroxylation sites is 1. The highest BCUT2D eigenvalue weighted by Crippen LogP contribution is 2.28. The van der Waals surface area contributed by atoms with Crippen molar-refractivity contribution in [3.8, 4) is 0 Å². The minimum absolute atomic E-state index is 0.0405. The van der Waals surface area contributed by atoms with E-state index in [1.807, 2.05) is 37.4 Å². The van der Waals surface area contributed by atoms with Crippen molar-refractivity contribution in [2.24, 2.45) is 0 Å². The lowest BCUT2D eigenvalue weighted by Crippen LogP contribution is -2.40. The molecule has 5 heteroatoms. The van der Waals surface area contributed by atoms with Gasteiger partial charge >= 0.3 is 0 Å². The van der Waals surface area contributed by atoms with Crippen molar-refractivity contribution < 1.29 is 9.59 Å². The Balaban J connectivity index is 1.61. The molecular formula is C21H25N3O2. The summed E-state index contributed by atoms with van der Waals surface area (Å²) in [5.74, 6) is -0.0406. The van der Waals surface area contributed by atoms with Crippen LogP contribution in [0.15, 0.2) is 48.5 Å². The molecule has 26 heavy (non-hydrogen) atoms. The van der Waals surface area contributed by atoms with Crippen LogP contribution in [0, 0.1) is 0 Å². The highest BCUT2D eigenvalue weighted by atomic mass is 16.2. The van der Waals surface area contributed by atoms with Crippen LogP contribution in [0.2, 0.25) is 0 Å². The van der Waals surface area contributed by atoms with E-state index in [9.17, 15) is 9.59 Å². The summed E-state index contributed by atoms with van der Waals surface area (Å²) in [5, 5.41) is 3.01. The summed E-state index contributed by atoms with van der Waals surface area (Å²) in [6.45, 7) is 4.90. The lowest BCUT2D eigenvalue weighted by Gasteiger charge is -2.27. The number of rotatable bonds is 5. The van der Waals surface area contributed by atoms with Crippen molar-refractivity contribution in [2.75, 3.05) is 29.9 Å². The summed E-state index contributed by atoms with van der Waals surface area (Å²) in [7, 11) is 2.03. The van der Waals surface area contributed by atoms with Crippen molar-refractivity contribution in [3.05, 3.63) is 59.7 Å². The smallest absolute Gasteiger partial charge is 0.251 e. The van der Waals surface area contributed by atoms with Gasteiger partial charge in [0.1, 0.15) is 0 Å². The van der Waals surface area contributed by atoms with E-state index in [4.69, 9.17) is 0 Å². The summed E-state index contributed by atoms with van der Waals surface area (Å²) in [6, 6.07) is 15.9. The predicted octanol–water partition coefficient (Wildman–Crippen LogP) is 2.85. The number of hydrogen-bond donors (Lipinski definition) is 1. The van der Waals surface area contributed by atoms with Crippen molar-refractivity contribution in [1.29, 1.82) is 0 Å². The van der Waals surface area contributed by atoms with E-state index in [2.05, 4.69) is 29.3 Å². The SMILES string of the molecule is CC(=O)N1CCc2cc(C(=O)NCC(C)N(C)c3ccccc3)ccc21. The van der Waals surface area contributed by atoms with E-state index >= 15 is 0 Å². The number of carbonyl (C=O) groups is 2. The zero-order valence-corrected chi connectivity index (χ0v) is 15.5. The van der Waals surface area contributed by atoms with Crippen molar-refractivity contribution in [2.45, 2.75) is 26.3 Å². The molecule has 5 nitrogen and oxygen atoms in total. The van der Waals surface area contributed by atoms with Gasteiger partial charge in [0.2, 0.25) is 5.91 Å². The molecule has 0 saturated carbocycles. The molecule has 2 amide bonds. The quantitative estimate of drug-likeness (QED) is 0.901. The molecule has 0 spiro atoms. The number of nitrogens with one attached hydrogen (secondary N) is 1. The maximum atomic E-state index is 12.5. The molecule has 1 N–H and O–H groups in total. The van der Waals surface area contributed by atoms with E-state index < -0.39 is 0 Å². The number of likely N-dealkylation sites (N-methyl/N-ethyl adjacent to an activating group) is 1. The zero-order chi connectivity index (χ0) is 18.7. The second-order valence-electron chi connectivity index (χ2n) is 6.77. The van der Waals surface area contributed by atoms with Gasteiger partial charge in [0.25, 0.3) is 5.91 Å². The molecule has 0 radical (unpaired) electrons. The summed E-state index contributed by atoms with van der Waals surface area (Å²) < 4.78 is 0. The first-order valence-corrected chi connectivity index (χ1v) is 8.94. The van der Waals surface area contributed by atoms with Crippen LogP contribution in [0.5, 0.6) is 0 Å². The maximum Gasteiger partial charge on any atom is 0.251 e. The van der Waals surface area contributed by atoms with Crippen LogP contribution in [0.25, 0.3) is 0 Å². The molecule has 0 aromatic heterocycles. The Labute approximate surface area is 154 Å². The molecule has 0 saturated heterocycles. The maximum absolute atomic E-state index is 12.5. The van der Waals surface area contributed by atoms with Crippen molar-refractivity contribution >= 4 is 23.2 Å². The fourth-order valence-corrected chi connectivity index (χ4v) is 3.27. The molecule has 136 valence electrons. The molecule has 0 fully saturated rings. The Kier molecular flexibility index (Phi) is 5.26. The molecular weight excluding hydrogens is 326 g/mol. The van der Waals surface area contributed by atoms with Gasteiger partial charge in [0.05, 0.1) is 0 Å². The van der Waals surface area contributed by atoms with Crippen LogP contribution in [0.4, 0.5) is 11.4 Å². The van der Waals surface area contributed by atoms with Gasteiger partial charge in [-0.1, -0.05) is 18.2 Å². The monoisotopic (exact) mass is 351 g/mol. The van der Waals surface area contributed by atoms with E-state index in [0.717, 1.165) is 23.4 Å². The minimum Gasteiger partial charge on any atom is -0.370 e. The molecule has 1 aliphatic rings. The second-order valence-corrected chi connectivity index (χ2v) is 6.77. The molecule has 1 heterocycles. The first kappa shape index (κ1) is 18.0. The molecule has 0 bridgehead atoms. The van der Waals surface area contributed by atoms with E-state index in [-0.39, 0.29) is 17.9 Å². The number of amides is 2. The summed E-state index contributed by atoms with van der Waals surface area (Å²) in [6.07, 6.45) is 0.795. The Hall–Kier alpha value is -2.82. The van der Waals surface area contributed by atoms with Gasteiger partial charge in [-0.15, -0.1) is 0 Å². The molecule has 2 aromatic carbocycles. The fourth-order valence-electron chi connectivity index (χ4n) is 3.27. The van der Waals surface area contributed by atoms with Gasteiger partial charge in [-0.25, -0.2) is 0 Å². The molecule has 1 atom stereocenters. The Morgan fingerprint density at radius 3 is 2.62 bits per heavy atom. The average molecular weight is 351 g/mol. The number of carbonyl (C=O) groups excluding carboxylic acids is 2. The first-order valence-electron chi connectivity index (χ1n) is 8.94. The van der Waals surface area contributed by atoms with Gasteiger partial charge in [-0.2, -0.15) is 0 Å². The highest BCUT2D eigenvalue weighted by molar-refractivity contribution is 5.97. The topological polar surface area (TPSA) is 52.7 Å². The number of hydrogen-bond acceptors (Lipinski definition) is 3. The van der Waals surface area contributed by atoms with Crippen LogP contribution in [0.1, 0.15) is 29.8 Å². The third-order valence-corrected chi connectivity index (χ3v) is 5.00. The van der Waals surface area contributed by atoms with Gasteiger partial charge < -0.3 is 15.1 Å². The molecule has 1 aliphatic heterocycles. The van der Waals surface area contributed by atoms with E-state index in [1.54, 1.807) is 17.9 Å². The fraction of sp³-hybridized carbons (Fsp3) is 0.333. The lowest BCUT2D eigenvalue weighted by atomic mass is 10.1. The highest BCUT2D eigenvalue weighted by Gasteiger charge is 2.23. The summed E-state index contributed by atoms with van der Waals surface area (Å²) in [4.78, 5) is 28.0. The summed E-state index contributed by atoms with van der Waals surface area (Å²) >= 11 is 0. The van der Waals surface area contributed by atoms with Gasteiger partial charge in [-0.05, 0) is 49.2 Å². The Morgan fingerprint density at radius 1 is 1.19 bits per heavy atom. The van der Waals surface area contributed by atoms with Crippen LogP contribution in [-0.4, -0.2) is 38.0 Å². The normalized spacial score (nSPS) is 13.9. The lowest BCUT2D eigenvalue weighted by molar-refractivity contribution is -0.116. The van der Waals surface area contributed by atoms with Crippen LogP contribution in [0.3, 0.4) is 0 Å². The van der Waals surface area contributed by atoms with Crippen molar-refractivity contribution in [3.63, 3.8) is 0 Å². The molecule has 1 unspecified atom stereocenters. The van der Waals surface area contributed by atoms with Crippen LogP contribution < -0.4 is 15.1 Å². The zero-order valence-electron chi connectivity index (χ0n) is 15.5. The van der Waals surface area contributed by atoms with Crippen LogP contribution >= 0.6 is 0 Å². The first-order chi connectivity index (χ1) is 12.5. The molecule has 0 aliphatic carbocycles. The van der Waals surface area contributed by atoms with E-state index in [0.29, 0.717) is 18.7 Å². The third kappa shape index (κ3) is 3.72. The Bertz CT molecular complexity index is 804. The standard InChI is InChI=1S/C21H25N3O2/c1-15(23(3)19-7-5-4-6-8-19)14-22-21(26)18-9-10-20-17(13-18)11-12-24(20)16(2)25/h4-10,13,15H,11-12,14H2,1-3H3,(H,22,26). The van der Waals surface area contributed by atoms with Crippen LogP contribution in [-0.2, 0) is 11.2 Å². The second kappa shape index (κ2) is 7.60. The minimum atomic E-state index is -0.0811.